The van der Waals surface area contributed by atoms with Crippen molar-refractivity contribution in [3.05, 3.63) is 0 Å². The third-order valence-electron chi connectivity index (χ3n) is 2.12. The number of aliphatic hydroxyl groups excluding tert-OH is 2. The van der Waals surface area contributed by atoms with Crippen molar-refractivity contribution in [2.24, 2.45) is 0 Å². The topological polar surface area (TPSA) is 66.8 Å². The van der Waals surface area contributed by atoms with Crippen LogP contribution in [0.4, 0.5) is 0 Å². The van der Waals surface area contributed by atoms with E-state index in [0.29, 0.717) is 11.5 Å². The molecule has 0 aromatic carbocycles. The number of aliphatic hydroxyl groups is 2. The molecule has 1 rings (SSSR count). The van der Waals surface area contributed by atoms with Crippen LogP contribution in [0, 0.1) is 0 Å². The van der Waals surface area contributed by atoms with Crippen molar-refractivity contribution in [1.29, 1.82) is 0 Å². The lowest BCUT2D eigenvalue weighted by atomic mass is 10.4. The SMILES string of the molecule is CC(=O)OCC(O)CSCC(O)CSCC1CS1. The molecular formula is C11H20O4S3. The van der Waals surface area contributed by atoms with E-state index in [2.05, 4.69) is 4.74 Å². The van der Waals surface area contributed by atoms with E-state index in [1.165, 1.54) is 24.4 Å². The van der Waals surface area contributed by atoms with E-state index in [-0.39, 0.29) is 18.7 Å². The largest absolute Gasteiger partial charge is 0.463 e. The van der Waals surface area contributed by atoms with Gasteiger partial charge in [-0.1, -0.05) is 0 Å². The minimum absolute atomic E-state index is 0.0338. The van der Waals surface area contributed by atoms with E-state index in [1.807, 2.05) is 11.8 Å². The number of hydrogen-bond acceptors (Lipinski definition) is 7. The van der Waals surface area contributed by atoms with Crippen molar-refractivity contribution in [2.75, 3.05) is 35.4 Å². The predicted molar refractivity (Wildman–Crippen MR) is 79.5 cm³/mol. The predicted octanol–water partition coefficient (Wildman–Crippen LogP) is 0.853. The molecule has 18 heavy (non-hydrogen) atoms. The summed E-state index contributed by atoms with van der Waals surface area (Å²) in [6.07, 6.45) is -0.980. The fourth-order valence-corrected chi connectivity index (χ4v) is 4.18. The standard InChI is InChI=1S/C11H20O4S3/c1-8(12)15-2-9(13)3-16-4-10(14)5-17-6-11-7-18-11/h9-11,13-14H,2-7H2,1H3. The first kappa shape index (κ1) is 16.5. The molecule has 1 aliphatic rings. The lowest BCUT2D eigenvalue weighted by Crippen LogP contribution is -2.22. The number of hydrogen-bond donors (Lipinski definition) is 2. The van der Waals surface area contributed by atoms with Gasteiger partial charge < -0.3 is 14.9 Å². The fourth-order valence-electron chi connectivity index (χ4n) is 1.15. The molecule has 1 fully saturated rings. The van der Waals surface area contributed by atoms with Crippen LogP contribution >= 0.6 is 35.3 Å². The van der Waals surface area contributed by atoms with Gasteiger partial charge in [0.05, 0.1) is 12.2 Å². The van der Waals surface area contributed by atoms with Crippen LogP contribution in [0.3, 0.4) is 0 Å². The number of ether oxygens (including phenoxy) is 1. The summed E-state index contributed by atoms with van der Waals surface area (Å²) < 4.78 is 4.69. The third kappa shape index (κ3) is 9.38. The maximum atomic E-state index is 10.5. The number of carbonyl (C=O) groups is 1. The average Bonchev–Trinajstić information content (AvgIpc) is 3.10. The van der Waals surface area contributed by atoms with Gasteiger partial charge in [0.15, 0.2) is 0 Å². The van der Waals surface area contributed by atoms with Crippen molar-refractivity contribution in [3.63, 3.8) is 0 Å². The Balaban J connectivity index is 1.89. The van der Waals surface area contributed by atoms with E-state index in [9.17, 15) is 15.0 Å². The van der Waals surface area contributed by atoms with E-state index >= 15 is 0 Å². The first-order valence-corrected chi connectivity index (χ1v) is 9.20. The second-order valence-corrected chi connectivity index (χ2v) is 7.62. The molecule has 2 N–H and O–H groups in total. The van der Waals surface area contributed by atoms with Crippen LogP contribution in [0.2, 0.25) is 0 Å². The van der Waals surface area contributed by atoms with Gasteiger partial charge in [0.25, 0.3) is 0 Å². The monoisotopic (exact) mass is 312 g/mol. The summed E-state index contributed by atoms with van der Waals surface area (Å²) in [6.45, 7) is 1.35. The van der Waals surface area contributed by atoms with Crippen LogP contribution < -0.4 is 0 Å². The first-order valence-electron chi connectivity index (χ1n) is 5.84. The van der Waals surface area contributed by atoms with E-state index < -0.39 is 6.10 Å². The van der Waals surface area contributed by atoms with Gasteiger partial charge in [-0.3, -0.25) is 4.79 Å². The molecule has 3 atom stereocenters. The van der Waals surface area contributed by atoms with Crippen LogP contribution in [-0.4, -0.2) is 69.0 Å². The molecule has 0 amide bonds. The molecule has 0 saturated carbocycles. The van der Waals surface area contributed by atoms with Crippen molar-refractivity contribution >= 4 is 41.3 Å². The maximum absolute atomic E-state index is 10.5. The molecule has 0 spiro atoms. The van der Waals surface area contributed by atoms with Crippen molar-refractivity contribution in [3.8, 4) is 0 Å². The highest BCUT2D eigenvalue weighted by atomic mass is 32.2. The Labute approximate surface area is 121 Å². The van der Waals surface area contributed by atoms with Gasteiger partial charge in [0.2, 0.25) is 0 Å². The van der Waals surface area contributed by atoms with Gasteiger partial charge in [-0.05, 0) is 0 Å². The van der Waals surface area contributed by atoms with Crippen molar-refractivity contribution in [2.45, 2.75) is 24.4 Å². The Kier molecular flexibility index (Phi) is 8.58. The highest BCUT2D eigenvalue weighted by Gasteiger charge is 2.22. The minimum Gasteiger partial charge on any atom is -0.463 e. The molecule has 1 heterocycles. The molecule has 0 aliphatic carbocycles. The molecule has 106 valence electrons. The Morgan fingerprint density at radius 3 is 2.56 bits per heavy atom. The zero-order valence-corrected chi connectivity index (χ0v) is 12.9. The lowest BCUT2D eigenvalue weighted by molar-refractivity contribution is -0.143. The van der Waals surface area contributed by atoms with Crippen LogP contribution in [0.25, 0.3) is 0 Å². The lowest BCUT2D eigenvalue weighted by Gasteiger charge is -2.12. The molecule has 0 aromatic heterocycles. The molecule has 1 saturated heterocycles. The van der Waals surface area contributed by atoms with E-state index in [4.69, 9.17) is 0 Å². The summed E-state index contributed by atoms with van der Waals surface area (Å²) in [6, 6.07) is 0. The number of esters is 1. The van der Waals surface area contributed by atoms with E-state index in [0.717, 1.165) is 16.8 Å². The van der Waals surface area contributed by atoms with Gasteiger partial charge in [0.1, 0.15) is 6.61 Å². The van der Waals surface area contributed by atoms with Gasteiger partial charge in [0, 0.05) is 40.9 Å². The quantitative estimate of drug-likeness (QED) is 0.458. The minimum atomic E-state index is -0.651. The molecule has 0 bridgehead atoms. The first-order chi connectivity index (χ1) is 8.58. The fraction of sp³-hybridized carbons (Fsp3) is 0.909. The number of rotatable bonds is 10. The summed E-state index contributed by atoms with van der Waals surface area (Å²) in [5, 5.41) is 20.0. The molecule has 0 radical (unpaired) electrons. The van der Waals surface area contributed by atoms with Gasteiger partial charge in [-0.15, -0.1) is 0 Å². The second kappa shape index (κ2) is 9.36. The summed E-state index contributed by atoms with van der Waals surface area (Å²) in [4.78, 5) is 10.5. The zero-order valence-electron chi connectivity index (χ0n) is 10.4. The Morgan fingerprint density at radius 1 is 1.33 bits per heavy atom. The molecule has 0 aromatic rings. The molecule has 1 aliphatic heterocycles. The smallest absolute Gasteiger partial charge is 0.302 e. The molecule has 4 nitrogen and oxygen atoms in total. The normalized spacial score (nSPS) is 21.4. The highest BCUT2D eigenvalue weighted by Crippen LogP contribution is 2.33. The van der Waals surface area contributed by atoms with Gasteiger partial charge >= 0.3 is 5.97 Å². The van der Waals surface area contributed by atoms with Crippen molar-refractivity contribution < 1.29 is 19.7 Å². The van der Waals surface area contributed by atoms with Gasteiger partial charge in [-0.2, -0.15) is 35.3 Å². The summed E-state index contributed by atoms with van der Waals surface area (Å²) in [7, 11) is 0. The van der Waals surface area contributed by atoms with E-state index in [1.54, 1.807) is 11.8 Å². The van der Waals surface area contributed by atoms with Gasteiger partial charge in [-0.25, -0.2) is 0 Å². The maximum Gasteiger partial charge on any atom is 0.302 e. The molecule has 7 heteroatoms. The average molecular weight is 312 g/mol. The van der Waals surface area contributed by atoms with Crippen LogP contribution in [0.5, 0.6) is 0 Å². The summed E-state index contributed by atoms with van der Waals surface area (Å²) in [5.74, 6) is 3.86. The molecular weight excluding hydrogens is 292 g/mol. The summed E-state index contributed by atoms with van der Waals surface area (Å²) in [5.41, 5.74) is 0. The number of thioether (sulfide) groups is 3. The zero-order chi connectivity index (χ0) is 13.4. The Bertz CT molecular complexity index is 248. The van der Waals surface area contributed by atoms with Crippen LogP contribution in [0.1, 0.15) is 6.92 Å². The Hall–Kier alpha value is 0.440. The summed E-state index contributed by atoms with van der Waals surface area (Å²) >= 11 is 5.24. The van der Waals surface area contributed by atoms with Crippen LogP contribution in [-0.2, 0) is 9.53 Å². The van der Waals surface area contributed by atoms with Crippen LogP contribution in [0.15, 0.2) is 0 Å². The Morgan fingerprint density at radius 2 is 1.94 bits per heavy atom. The number of carbonyl (C=O) groups excluding carboxylic acids is 1. The third-order valence-corrected chi connectivity index (χ3v) is 5.80. The molecule has 3 unspecified atom stereocenters. The highest BCUT2D eigenvalue weighted by molar-refractivity contribution is 8.08. The second-order valence-electron chi connectivity index (χ2n) is 4.14. The van der Waals surface area contributed by atoms with Crippen molar-refractivity contribution in [1.82, 2.24) is 0 Å².